The molecule has 1 aliphatic rings. The summed E-state index contributed by atoms with van der Waals surface area (Å²) in [6.07, 6.45) is 8.37. The second-order valence-corrected chi connectivity index (χ2v) is 11.0. The van der Waals surface area contributed by atoms with Gasteiger partial charge in [-0.3, -0.25) is 25.5 Å². The molecule has 0 aromatic heterocycles. The molecule has 2 N–H and O–H groups in total. The van der Waals surface area contributed by atoms with Crippen LogP contribution in [0.4, 0.5) is 0 Å². The lowest BCUT2D eigenvalue weighted by atomic mass is 9.96. The number of hydrogen-bond acceptors (Lipinski definition) is 7. The molecule has 0 radical (unpaired) electrons. The van der Waals surface area contributed by atoms with Crippen molar-refractivity contribution in [1.29, 1.82) is 0 Å². The Morgan fingerprint density at radius 1 is 0.980 bits per heavy atom. The number of unbranched alkanes of at least 4 members (excludes halogenated alkanes) is 1. The zero-order chi connectivity index (χ0) is 39.0. The maximum absolute atomic E-state index is 11.5. The molecule has 1 fully saturated rings. The molecule has 1 saturated carbocycles. The number of ketones is 1. The van der Waals surface area contributed by atoms with E-state index in [9.17, 15) is 10.0 Å². The van der Waals surface area contributed by atoms with E-state index < -0.39 is 0 Å². The molecule has 0 amide bonds. The highest BCUT2D eigenvalue weighted by Crippen LogP contribution is 2.26. The Bertz CT molecular complexity index is 1430. The molecule has 8 heteroatoms. The number of rotatable bonds is 10. The standard InChI is InChI=1S/C23H29N3O.C13H16O2.C2H4O.2C2H6.CH2O/c1-5-6-11-22(24-3)17(2)16-18-12-14-19(15-13-18)20-9-7-8-10-21(20)23(25-4)26-27;1-10-6-8-11(9-7-10)15-13-5-3-2-4-12(13)14;1-2-3;3*1-2/h7-10,12-15,27H,3,5-6,11,16H2,1-2,4H3,(H,25,26);6-9,13H,2-5H2,1H3;2H,1H3;2*1-2H3;1H2/b22-17+;;;;;. The summed E-state index contributed by atoms with van der Waals surface area (Å²) in [6.45, 7) is 21.5. The summed E-state index contributed by atoms with van der Waals surface area (Å²) in [5.41, 5.74) is 9.99. The van der Waals surface area contributed by atoms with Crippen LogP contribution in [0.3, 0.4) is 0 Å². The Kier molecular flexibility index (Phi) is 29.7. The first kappa shape index (κ1) is 48.4. The minimum atomic E-state index is -0.207. The minimum Gasteiger partial charge on any atom is -0.483 e. The van der Waals surface area contributed by atoms with Gasteiger partial charge in [0.05, 0.1) is 0 Å². The van der Waals surface area contributed by atoms with Gasteiger partial charge in [0.1, 0.15) is 18.8 Å². The molecule has 3 aromatic carbocycles. The fourth-order valence-electron chi connectivity index (χ4n) is 5.01. The van der Waals surface area contributed by atoms with E-state index in [1.54, 1.807) is 7.05 Å². The molecule has 1 atom stereocenters. The van der Waals surface area contributed by atoms with E-state index in [0.29, 0.717) is 12.3 Å². The molecular formula is C43H63N3O5. The quantitative estimate of drug-likeness (QED) is 0.0940. The Hall–Kier alpha value is -4.69. The molecule has 0 spiro atoms. The van der Waals surface area contributed by atoms with Gasteiger partial charge in [0.2, 0.25) is 0 Å². The largest absolute Gasteiger partial charge is 0.483 e. The number of benzene rings is 3. The van der Waals surface area contributed by atoms with Crippen LogP contribution in [-0.4, -0.2) is 49.8 Å². The van der Waals surface area contributed by atoms with Crippen LogP contribution in [0.25, 0.3) is 11.1 Å². The lowest BCUT2D eigenvalue weighted by molar-refractivity contribution is -0.127. The van der Waals surface area contributed by atoms with Gasteiger partial charge in [-0.1, -0.05) is 107 Å². The molecule has 0 bridgehead atoms. The van der Waals surface area contributed by atoms with Gasteiger partial charge in [0.15, 0.2) is 17.7 Å². The first-order valence-corrected chi connectivity index (χ1v) is 18.0. The van der Waals surface area contributed by atoms with E-state index >= 15 is 0 Å². The number of carbonyl (C=O) groups excluding carboxylic acids is 3. The van der Waals surface area contributed by atoms with Crippen LogP contribution in [0, 0.1) is 6.92 Å². The highest BCUT2D eigenvalue weighted by atomic mass is 16.5. The van der Waals surface area contributed by atoms with E-state index in [1.165, 1.54) is 23.6 Å². The third-order valence-corrected chi connectivity index (χ3v) is 7.49. The number of aryl methyl sites for hydroxylation is 1. The second-order valence-electron chi connectivity index (χ2n) is 11.0. The number of hydroxylamine groups is 1. The molecule has 0 heterocycles. The van der Waals surface area contributed by atoms with E-state index in [2.05, 4.69) is 60.3 Å². The Morgan fingerprint density at radius 2 is 1.57 bits per heavy atom. The summed E-state index contributed by atoms with van der Waals surface area (Å²) < 4.78 is 5.67. The summed E-state index contributed by atoms with van der Waals surface area (Å²) in [7, 11) is 1.65. The summed E-state index contributed by atoms with van der Waals surface area (Å²) >= 11 is 0. The number of nitrogens with one attached hydrogen (secondary N) is 1. The number of amidine groups is 1. The van der Waals surface area contributed by atoms with Crippen LogP contribution >= 0.6 is 0 Å². The zero-order valence-electron chi connectivity index (χ0n) is 32.6. The van der Waals surface area contributed by atoms with Gasteiger partial charge in [0, 0.05) is 24.7 Å². The fourth-order valence-corrected chi connectivity index (χ4v) is 5.01. The average Bonchev–Trinajstić information content (AvgIpc) is 3.18. The molecule has 51 heavy (non-hydrogen) atoms. The molecule has 280 valence electrons. The molecule has 0 saturated heterocycles. The predicted octanol–water partition coefficient (Wildman–Crippen LogP) is 10.4. The van der Waals surface area contributed by atoms with Gasteiger partial charge in [-0.25, -0.2) is 0 Å². The van der Waals surface area contributed by atoms with Crippen LogP contribution in [0.1, 0.15) is 110 Å². The van der Waals surface area contributed by atoms with Crippen LogP contribution in [0.5, 0.6) is 5.75 Å². The molecular weight excluding hydrogens is 638 g/mol. The molecule has 8 nitrogen and oxygen atoms in total. The van der Waals surface area contributed by atoms with E-state index in [4.69, 9.17) is 14.3 Å². The smallest absolute Gasteiger partial charge is 0.173 e. The van der Waals surface area contributed by atoms with Gasteiger partial charge < -0.3 is 14.3 Å². The van der Waals surface area contributed by atoms with E-state index in [0.717, 1.165) is 79.4 Å². The average molecular weight is 702 g/mol. The second kappa shape index (κ2) is 31.3. The van der Waals surface area contributed by atoms with E-state index in [1.807, 2.05) is 89.9 Å². The summed E-state index contributed by atoms with van der Waals surface area (Å²) in [4.78, 5) is 36.7. The minimum absolute atomic E-state index is 0.207. The van der Waals surface area contributed by atoms with E-state index in [-0.39, 0.29) is 11.9 Å². The number of aldehydes is 1. The van der Waals surface area contributed by atoms with Crippen LogP contribution in [0.2, 0.25) is 0 Å². The first-order chi connectivity index (χ1) is 24.8. The van der Waals surface area contributed by atoms with Crippen molar-refractivity contribution in [3.8, 4) is 16.9 Å². The van der Waals surface area contributed by atoms with Crippen LogP contribution < -0.4 is 10.2 Å². The highest BCUT2D eigenvalue weighted by Gasteiger charge is 2.23. The maximum Gasteiger partial charge on any atom is 0.173 e. The lowest BCUT2D eigenvalue weighted by Gasteiger charge is -2.21. The number of hydrogen-bond donors (Lipinski definition) is 2. The van der Waals surface area contributed by atoms with Crippen molar-refractivity contribution in [1.82, 2.24) is 5.48 Å². The topological polar surface area (TPSA) is 117 Å². The predicted molar refractivity (Wildman–Crippen MR) is 215 cm³/mol. The van der Waals surface area contributed by atoms with Crippen LogP contribution in [0.15, 0.2) is 94.1 Å². The number of ether oxygens (including phenoxy) is 1. The maximum atomic E-state index is 11.5. The van der Waals surface area contributed by atoms with Gasteiger partial charge >= 0.3 is 0 Å². The summed E-state index contributed by atoms with van der Waals surface area (Å²) in [5.74, 6) is 1.51. The van der Waals surface area contributed by atoms with Gasteiger partial charge in [-0.15, -0.1) is 0 Å². The van der Waals surface area contributed by atoms with Crippen molar-refractivity contribution < 1.29 is 24.3 Å². The van der Waals surface area contributed by atoms with Gasteiger partial charge in [0.25, 0.3) is 0 Å². The van der Waals surface area contributed by atoms with Crippen molar-refractivity contribution in [2.24, 2.45) is 9.98 Å². The number of aliphatic imine (C=N–C) groups is 2. The van der Waals surface area contributed by atoms with Crippen molar-refractivity contribution in [2.75, 3.05) is 7.05 Å². The van der Waals surface area contributed by atoms with Crippen molar-refractivity contribution in [2.45, 2.75) is 113 Å². The Labute approximate surface area is 308 Å². The third-order valence-electron chi connectivity index (χ3n) is 7.49. The molecule has 1 unspecified atom stereocenters. The summed E-state index contributed by atoms with van der Waals surface area (Å²) in [5, 5.41) is 9.33. The SMILES string of the molecule is C=N/C(CCCC)=C(\C)Cc1ccc(-c2ccccc2C(=NC)NO)cc1.C=O.CC.CC.CC=O.Cc1ccc(OC2CCCCC2=O)cc1. The summed E-state index contributed by atoms with van der Waals surface area (Å²) in [6, 6.07) is 24.3. The monoisotopic (exact) mass is 701 g/mol. The Morgan fingerprint density at radius 3 is 2.08 bits per heavy atom. The molecule has 4 rings (SSSR count). The fraction of sp³-hybridized carbons (Fsp3) is 0.419. The first-order valence-electron chi connectivity index (χ1n) is 18.0. The van der Waals surface area contributed by atoms with Crippen LogP contribution in [-0.2, 0) is 20.8 Å². The van der Waals surface area contributed by atoms with Gasteiger partial charge in [-0.05, 0) is 100 Å². The molecule has 1 aliphatic carbocycles. The third kappa shape index (κ3) is 18.8. The number of nitrogens with zero attached hydrogens (tertiary/aromatic N) is 2. The van der Waals surface area contributed by atoms with Crippen molar-refractivity contribution in [3.05, 3.63) is 101 Å². The van der Waals surface area contributed by atoms with Crippen molar-refractivity contribution in [3.63, 3.8) is 0 Å². The highest BCUT2D eigenvalue weighted by molar-refractivity contribution is 6.03. The molecule has 3 aromatic rings. The Balaban J connectivity index is 0. The zero-order valence-corrected chi connectivity index (χ0v) is 32.6. The number of allylic oxidation sites excluding steroid dienone is 2. The normalized spacial score (nSPS) is 13.5. The number of carbonyl (C=O) groups is 3. The van der Waals surface area contributed by atoms with Crippen molar-refractivity contribution >= 4 is 31.4 Å². The van der Waals surface area contributed by atoms with Gasteiger partial charge in [-0.2, -0.15) is 0 Å². The lowest BCUT2D eigenvalue weighted by Crippen LogP contribution is -2.30. The molecule has 0 aliphatic heterocycles. The number of Topliss-reactive ketones (excluding diaryl/α,β-unsaturated/α-hetero) is 1.